The Morgan fingerprint density at radius 2 is 1.85 bits per heavy atom. The predicted molar refractivity (Wildman–Crippen MR) is 154 cm³/mol. The fourth-order valence-corrected chi connectivity index (χ4v) is 7.10. The first-order valence-electron chi connectivity index (χ1n) is 13.5. The summed E-state index contributed by atoms with van der Waals surface area (Å²) in [6, 6.07) is 18.5. The van der Waals surface area contributed by atoms with Gasteiger partial charge >= 0.3 is 0 Å². The number of hydrogen-bond acceptors (Lipinski definition) is 5. The molecular formula is C34H29FN4O. The predicted octanol–water partition coefficient (Wildman–Crippen LogP) is 7.32. The minimum absolute atomic E-state index is 0.126. The van der Waals surface area contributed by atoms with E-state index < -0.39 is 10.8 Å². The first kappa shape index (κ1) is 25.8. The van der Waals surface area contributed by atoms with Crippen molar-refractivity contribution in [3.05, 3.63) is 102 Å². The number of halogens is 1. The summed E-state index contributed by atoms with van der Waals surface area (Å²) in [6.07, 6.45) is 5.27. The molecule has 0 aliphatic heterocycles. The number of pyridine rings is 1. The minimum atomic E-state index is -0.815. The first-order valence-corrected chi connectivity index (χ1v) is 13.5. The zero-order valence-electron chi connectivity index (χ0n) is 22.8. The maximum absolute atomic E-state index is 15.3. The Balaban J connectivity index is 1.69. The molecule has 5 nitrogen and oxygen atoms in total. The molecule has 2 aromatic heterocycles. The topological polar surface area (TPSA) is 79.5 Å². The van der Waals surface area contributed by atoms with E-state index in [1.807, 2.05) is 44.2 Å². The van der Waals surface area contributed by atoms with Gasteiger partial charge in [-0.15, -0.1) is 6.58 Å². The monoisotopic (exact) mass is 528 g/mol. The molecule has 0 saturated heterocycles. The number of hydrogen-bond donors (Lipinski definition) is 0. The van der Waals surface area contributed by atoms with Crippen LogP contribution in [0.5, 0.6) is 0 Å². The van der Waals surface area contributed by atoms with Crippen molar-refractivity contribution in [2.45, 2.75) is 45.4 Å². The van der Waals surface area contributed by atoms with Crippen molar-refractivity contribution >= 4 is 16.7 Å². The Hall–Kier alpha value is -4.50. The molecule has 0 radical (unpaired) electrons. The second-order valence-corrected chi connectivity index (χ2v) is 11.5. The van der Waals surface area contributed by atoms with Crippen molar-refractivity contribution < 1.29 is 9.18 Å². The average Bonchev–Trinajstić information content (AvgIpc) is 2.94. The highest BCUT2D eigenvalue weighted by atomic mass is 19.1. The van der Waals surface area contributed by atoms with Gasteiger partial charge in [-0.2, -0.15) is 5.26 Å². The largest absolute Gasteiger partial charge is 0.293 e. The molecule has 40 heavy (non-hydrogen) atoms. The molecule has 0 bridgehead atoms. The maximum atomic E-state index is 15.3. The molecule has 0 spiro atoms. The number of fused-ring (bicyclic) bond motifs is 4. The number of allylic oxidation sites excluding steroid dienone is 3. The van der Waals surface area contributed by atoms with Crippen LogP contribution in [-0.2, 0) is 16.6 Å². The summed E-state index contributed by atoms with van der Waals surface area (Å²) in [4.78, 5) is 28.4. The number of benzene rings is 2. The summed E-state index contributed by atoms with van der Waals surface area (Å²) in [5, 5.41) is 10.9. The van der Waals surface area contributed by atoms with E-state index in [0.29, 0.717) is 36.3 Å². The van der Waals surface area contributed by atoms with Gasteiger partial charge in [0.1, 0.15) is 11.9 Å². The third-order valence-electron chi connectivity index (χ3n) is 8.71. The van der Waals surface area contributed by atoms with Crippen LogP contribution in [0.2, 0.25) is 0 Å². The molecule has 0 saturated carbocycles. The number of nitriles is 1. The summed E-state index contributed by atoms with van der Waals surface area (Å²) < 4.78 is 15.3. The highest BCUT2D eigenvalue weighted by Gasteiger charge is 2.57. The van der Waals surface area contributed by atoms with Crippen LogP contribution >= 0.6 is 0 Å². The second kappa shape index (κ2) is 9.31. The number of ketones is 1. The Kier molecular flexibility index (Phi) is 5.99. The van der Waals surface area contributed by atoms with Crippen molar-refractivity contribution in [3.63, 3.8) is 0 Å². The van der Waals surface area contributed by atoms with Gasteiger partial charge < -0.3 is 0 Å². The van der Waals surface area contributed by atoms with Crippen LogP contribution in [0.4, 0.5) is 4.39 Å². The fraction of sp³-hybridized carbons (Fsp3) is 0.265. The normalized spacial score (nSPS) is 23.6. The lowest BCUT2D eigenvalue weighted by Gasteiger charge is -2.52. The summed E-state index contributed by atoms with van der Waals surface area (Å²) in [5.41, 5.74) is 3.60. The standard InChI is InChI=1S/C34H29FN4O/c1-20(2)17-34(4)28-14-13-25-29(24-10-5-7-11-26(24)35)38-32(23-15-16-37-27-12-8-6-9-22(23)27)39-30(25)33(28,3)18-21(19-36)31(34)40/h5-12,15-16,18,28H,1,13-14,17H2,2-4H3/t28?,33-,34?/m1/s1. The highest BCUT2D eigenvalue weighted by molar-refractivity contribution is 6.05. The number of para-hydroxylation sites is 1. The van der Waals surface area contributed by atoms with Crippen LogP contribution in [0.1, 0.15) is 44.9 Å². The van der Waals surface area contributed by atoms with E-state index in [0.717, 1.165) is 33.3 Å². The van der Waals surface area contributed by atoms with Gasteiger partial charge in [0.2, 0.25) is 0 Å². The van der Waals surface area contributed by atoms with Gasteiger partial charge in [0.25, 0.3) is 0 Å². The van der Waals surface area contributed by atoms with Crippen molar-refractivity contribution in [3.8, 4) is 28.7 Å². The molecule has 2 aromatic carbocycles. The molecule has 0 N–H and O–H groups in total. The van der Waals surface area contributed by atoms with E-state index in [9.17, 15) is 10.1 Å². The molecule has 0 amide bonds. The number of aromatic nitrogens is 3. The van der Waals surface area contributed by atoms with E-state index in [1.165, 1.54) is 6.07 Å². The smallest absolute Gasteiger partial charge is 0.179 e. The maximum Gasteiger partial charge on any atom is 0.179 e. The van der Waals surface area contributed by atoms with Crippen LogP contribution in [0.25, 0.3) is 33.5 Å². The van der Waals surface area contributed by atoms with E-state index in [-0.39, 0.29) is 23.1 Å². The van der Waals surface area contributed by atoms with E-state index in [4.69, 9.17) is 9.97 Å². The minimum Gasteiger partial charge on any atom is -0.293 e. The summed E-state index contributed by atoms with van der Waals surface area (Å²) >= 11 is 0. The highest BCUT2D eigenvalue weighted by Crippen LogP contribution is 2.57. The first-order chi connectivity index (χ1) is 19.2. The molecule has 6 rings (SSSR count). The van der Waals surface area contributed by atoms with Gasteiger partial charge in [0, 0.05) is 39.1 Å². The molecule has 2 unspecified atom stereocenters. The lowest BCUT2D eigenvalue weighted by atomic mass is 9.50. The molecule has 198 valence electrons. The van der Waals surface area contributed by atoms with Crippen LogP contribution in [0, 0.1) is 28.5 Å². The second-order valence-electron chi connectivity index (χ2n) is 11.5. The Labute approximate surface area is 233 Å². The van der Waals surface area contributed by atoms with Gasteiger partial charge in [-0.3, -0.25) is 9.78 Å². The Bertz CT molecular complexity index is 1800. The number of Topliss-reactive ketones (excluding diaryl/α,β-unsaturated/α-hetero) is 1. The van der Waals surface area contributed by atoms with Gasteiger partial charge in [-0.25, -0.2) is 14.4 Å². The van der Waals surface area contributed by atoms with Crippen molar-refractivity contribution in [2.75, 3.05) is 0 Å². The number of carbonyl (C=O) groups is 1. The summed E-state index contributed by atoms with van der Waals surface area (Å²) in [5.74, 6) is -0.171. The summed E-state index contributed by atoms with van der Waals surface area (Å²) in [7, 11) is 0. The zero-order valence-corrected chi connectivity index (χ0v) is 22.8. The molecule has 0 fully saturated rings. The van der Waals surface area contributed by atoms with E-state index >= 15 is 4.39 Å². The van der Waals surface area contributed by atoms with E-state index in [2.05, 4.69) is 24.6 Å². The third kappa shape index (κ3) is 3.80. The van der Waals surface area contributed by atoms with Gasteiger partial charge in [-0.1, -0.05) is 55.8 Å². The lowest BCUT2D eigenvalue weighted by Crippen LogP contribution is -2.53. The molecule has 2 aliphatic carbocycles. The van der Waals surface area contributed by atoms with Crippen molar-refractivity contribution in [1.82, 2.24) is 15.0 Å². The fourth-order valence-electron chi connectivity index (χ4n) is 7.10. The number of carbonyl (C=O) groups excluding carboxylic acids is 1. The molecular weight excluding hydrogens is 499 g/mol. The molecule has 6 heteroatoms. The molecule has 3 atom stereocenters. The molecule has 2 heterocycles. The van der Waals surface area contributed by atoms with Gasteiger partial charge in [0.15, 0.2) is 11.6 Å². The Morgan fingerprint density at radius 1 is 1.10 bits per heavy atom. The van der Waals surface area contributed by atoms with Gasteiger partial charge in [-0.05, 0) is 56.4 Å². The van der Waals surface area contributed by atoms with E-state index in [1.54, 1.807) is 30.5 Å². The molecule has 4 aromatic rings. The van der Waals surface area contributed by atoms with Crippen LogP contribution in [0.3, 0.4) is 0 Å². The number of nitrogens with zero attached hydrogens (tertiary/aromatic N) is 4. The molecule has 2 aliphatic rings. The van der Waals surface area contributed by atoms with Crippen LogP contribution in [0.15, 0.2) is 84.6 Å². The van der Waals surface area contributed by atoms with Crippen molar-refractivity contribution in [1.29, 1.82) is 5.26 Å². The average molecular weight is 529 g/mol. The third-order valence-corrected chi connectivity index (χ3v) is 8.71. The number of rotatable bonds is 4. The Morgan fingerprint density at radius 3 is 2.60 bits per heavy atom. The lowest BCUT2D eigenvalue weighted by molar-refractivity contribution is -0.129. The quantitative estimate of drug-likeness (QED) is 0.259. The van der Waals surface area contributed by atoms with Gasteiger partial charge in [0.05, 0.1) is 22.5 Å². The van der Waals surface area contributed by atoms with Crippen LogP contribution < -0.4 is 0 Å². The van der Waals surface area contributed by atoms with Crippen molar-refractivity contribution in [2.24, 2.45) is 11.3 Å². The summed E-state index contributed by atoms with van der Waals surface area (Å²) in [6.45, 7) is 10.0. The zero-order chi connectivity index (χ0) is 28.2. The SMILES string of the molecule is C=C(C)CC1(C)C(=O)C(C#N)=C[C@@]2(C)c3nc(-c4ccnc5ccccc45)nc(-c4ccccc4F)c3CCC12. The van der Waals surface area contributed by atoms with Crippen LogP contribution in [-0.4, -0.2) is 20.7 Å².